The molecular weight excluding hydrogens is 270 g/mol. The molecule has 108 valence electrons. The molecule has 0 atom stereocenters. The predicted molar refractivity (Wildman–Crippen MR) is 84.1 cm³/mol. The molecular formula is C16H21NO2S. The molecule has 0 spiro atoms. The lowest BCUT2D eigenvalue weighted by Crippen LogP contribution is -2.33. The highest BCUT2D eigenvalue weighted by Gasteiger charge is 2.24. The minimum atomic E-state index is -3.55. The molecule has 0 aromatic heterocycles. The Hall–Kier alpha value is -1.65. The second kappa shape index (κ2) is 6.68. The molecule has 0 radical (unpaired) electrons. The molecule has 4 heteroatoms. The van der Waals surface area contributed by atoms with Crippen LogP contribution in [0, 0.1) is 6.92 Å². The Balaban J connectivity index is 3.15. The summed E-state index contributed by atoms with van der Waals surface area (Å²) in [7, 11) is -3.55. The lowest BCUT2D eigenvalue weighted by Gasteiger charge is -2.22. The molecule has 3 nitrogen and oxygen atoms in total. The molecule has 20 heavy (non-hydrogen) atoms. The van der Waals surface area contributed by atoms with Crippen molar-refractivity contribution < 1.29 is 8.42 Å². The molecule has 0 aliphatic heterocycles. The van der Waals surface area contributed by atoms with Gasteiger partial charge >= 0.3 is 0 Å². The molecule has 1 rings (SSSR count). The summed E-state index contributed by atoms with van der Waals surface area (Å²) in [6.45, 7) is 15.4. The standard InChI is InChI=1S/C16H21NO2S/c1-6-14(4)12-17(11-13(2)3)20(18,19)16-9-7-15(5)8-10-16/h6-10H,1-2,4,11-12H2,3,5H3. The van der Waals surface area contributed by atoms with E-state index in [1.54, 1.807) is 37.3 Å². The summed E-state index contributed by atoms with van der Waals surface area (Å²) >= 11 is 0. The van der Waals surface area contributed by atoms with E-state index in [1.165, 1.54) is 4.31 Å². The molecule has 0 aliphatic rings. The average Bonchev–Trinajstić information content (AvgIpc) is 2.37. The van der Waals surface area contributed by atoms with Gasteiger partial charge < -0.3 is 0 Å². The van der Waals surface area contributed by atoms with Crippen LogP contribution in [0.25, 0.3) is 0 Å². The Morgan fingerprint density at radius 1 is 1.20 bits per heavy atom. The van der Waals surface area contributed by atoms with Crippen LogP contribution in [0.3, 0.4) is 0 Å². The fourth-order valence-electron chi connectivity index (χ4n) is 1.68. The van der Waals surface area contributed by atoms with Crippen LogP contribution in [0.2, 0.25) is 0 Å². The van der Waals surface area contributed by atoms with Crippen molar-refractivity contribution in [2.45, 2.75) is 18.7 Å². The smallest absolute Gasteiger partial charge is 0.207 e. The van der Waals surface area contributed by atoms with Gasteiger partial charge in [-0.3, -0.25) is 0 Å². The van der Waals surface area contributed by atoms with Gasteiger partial charge in [-0.2, -0.15) is 4.31 Å². The van der Waals surface area contributed by atoms with Gasteiger partial charge in [-0.15, -0.1) is 0 Å². The van der Waals surface area contributed by atoms with Gasteiger partial charge in [-0.05, 0) is 31.6 Å². The van der Waals surface area contributed by atoms with E-state index in [4.69, 9.17) is 0 Å². The molecule has 0 amide bonds. The van der Waals surface area contributed by atoms with Crippen LogP contribution in [-0.2, 0) is 10.0 Å². The summed E-state index contributed by atoms with van der Waals surface area (Å²) in [5.74, 6) is 0. The number of benzene rings is 1. The van der Waals surface area contributed by atoms with Crippen molar-refractivity contribution in [3.05, 3.63) is 66.8 Å². The highest BCUT2D eigenvalue weighted by atomic mass is 32.2. The topological polar surface area (TPSA) is 37.4 Å². The SMILES string of the molecule is C=CC(=C)CN(CC(=C)C)S(=O)(=O)c1ccc(C)cc1. The minimum absolute atomic E-state index is 0.215. The van der Waals surface area contributed by atoms with Crippen LogP contribution >= 0.6 is 0 Å². The van der Waals surface area contributed by atoms with Gasteiger partial charge in [0.2, 0.25) is 10.0 Å². The zero-order valence-electron chi connectivity index (χ0n) is 12.1. The molecule has 0 heterocycles. The Labute approximate surface area is 122 Å². The summed E-state index contributed by atoms with van der Waals surface area (Å²) in [6, 6.07) is 6.81. The van der Waals surface area contributed by atoms with E-state index in [1.807, 2.05) is 6.92 Å². The Bertz CT molecular complexity index is 612. The van der Waals surface area contributed by atoms with Crippen LogP contribution in [0.5, 0.6) is 0 Å². The maximum absolute atomic E-state index is 12.6. The first kappa shape index (κ1) is 16.4. The van der Waals surface area contributed by atoms with Crippen molar-refractivity contribution in [1.29, 1.82) is 0 Å². The van der Waals surface area contributed by atoms with Crippen molar-refractivity contribution in [3.63, 3.8) is 0 Å². The first-order valence-electron chi connectivity index (χ1n) is 6.28. The highest BCUT2D eigenvalue weighted by molar-refractivity contribution is 7.89. The van der Waals surface area contributed by atoms with Gasteiger partial charge in [0.1, 0.15) is 0 Å². The highest BCUT2D eigenvalue weighted by Crippen LogP contribution is 2.18. The van der Waals surface area contributed by atoms with Crippen molar-refractivity contribution >= 4 is 10.0 Å². The van der Waals surface area contributed by atoms with E-state index in [0.29, 0.717) is 5.57 Å². The third-order valence-corrected chi connectivity index (χ3v) is 4.58. The molecule has 0 unspecified atom stereocenters. The largest absolute Gasteiger partial charge is 0.243 e. The van der Waals surface area contributed by atoms with E-state index in [-0.39, 0.29) is 18.0 Å². The lowest BCUT2D eigenvalue weighted by molar-refractivity contribution is 0.463. The summed E-state index contributed by atoms with van der Waals surface area (Å²) in [6.07, 6.45) is 1.57. The summed E-state index contributed by atoms with van der Waals surface area (Å²) < 4.78 is 26.6. The molecule has 0 saturated carbocycles. The summed E-state index contributed by atoms with van der Waals surface area (Å²) in [5.41, 5.74) is 2.45. The van der Waals surface area contributed by atoms with E-state index >= 15 is 0 Å². The Morgan fingerprint density at radius 2 is 1.75 bits per heavy atom. The number of sulfonamides is 1. The predicted octanol–water partition coefficient (Wildman–Crippen LogP) is 3.30. The molecule has 1 aromatic carbocycles. The van der Waals surface area contributed by atoms with Crippen LogP contribution in [0.4, 0.5) is 0 Å². The van der Waals surface area contributed by atoms with Gasteiger partial charge in [0.05, 0.1) is 4.90 Å². The summed E-state index contributed by atoms with van der Waals surface area (Å²) in [4.78, 5) is 0.279. The van der Waals surface area contributed by atoms with Crippen molar-refractivity contribution in [1.82, 2.24) is 4.31 Å². The monoisotopic (exact) mass is 291 g/mol. The molecule has 0 N–H and O–H groups in total. The van der Waals surface area contributed by atoms with Gasteiger partial charge in [0.15, 0.2) is 0 Å². The second-order valence-electron chi connectivity index (χ2n) is 4.91. The van der Waals surface area contributed by atoms with Crippen molar-refractivity contribution in [2.75, 3.05) is 13.1 Å². The van der Waals surface area contributed by atoms with Crippen LogP contribution in [-0.4, -0.2) is 25.8 Å². The number of nitrogens with zero attached hydrogens (tertiary/aromatic N) is 1. The van der Waals surface area contributed by atoms with Crippen molar-refractivity contribution in [2.24, 2.45) is 0 Å². The van der Waals surface area contributed by atoms with Gasteiger partial charge in [-0.1, -0.05) is 49.1 Å². The molecule has 0 saturated heterocycles. The molecule has 0 fully saturated rings. The maximum atomic E-state index is 12.6. The Kier molecular flexibility index (Phi) is 5.48. The minimum Gasteiger partial charge on any atom is -0.207 e. The quantitative estimate of drug-likeness (QED) is 0.571. The zero-order valence-corrected chi connectivity index (χ0v) is 12.9. The van der Waals surface area contributed by atoms with Gasteiger partial charge in [0, 0.05) is 13.1 Å². The molecule has 0 aliphatic carbocycles. The molecule has 0 bridgehead atoms. The first-order valence-corrected chi connectivity index (χ1v) is 7.73. The van der Waals surface area contributed by atoms with Gasteiger partial charge in [-0.25, -0.2) is 8.42 Å². The maximum Gasteiger partial charge on any atom is 0.243 e. The van der Waals surface area contributed by atoms with E-state index in [9.17, 15) is 8.42 Å². The zero-order chi connectivity index (χ0) is 15.3. The average molecular weight is 291 g/mol. The number of hydrogen-bond donors (Lipinski definition) is 0. The second-order valence-corrected chi connectivity index (χ2v) is 6.84. The fraction of sp³-hybridized carbons (Fsp3) is 0.250. The van der Waals surface area contributed by atoms with E-state index < -0.39 is 10.0 Å². The number of rotatable bonds is 7. The third kappa shape index (κ3) is 4.18. The van der Waals surface area contributed by atoms with E-state index in [2.05, 4.69) is 19.7 Å². The first-order chi connectivity index (χ1) is 9.27. The fourth-order valence-corrected chi connectivity index (χ4v) is 3.18. The normalized spacial score (nSPS) is 11.3. The Morgan fingerprint density at radius 3 is 2.20 bits per heavy atom. The number of aryl methyl sites for hydroxylation is 1. The van der Waals surface area contributed by atoms with Crippen LogP contribution in [0.15, 0.2) is 66.1 Å². The molecule has 1 aromatic rings. The van der Waals surface area contributed by atoms with Gasteiger partial charge in [0.25, 0.3) is 0 Å². The lowest BCUT2D eigenvalue weighted by atomic mass is 10.2. The van der Waals surface area contributed by atoms with Crippen molar-refractivity contribution in [3.8, 4) is 0 Å². The third-order valence-electron chi connectivity index (χ3n) is 2.77. The van der Waals surface area contributed by atoms with E-state index in [0.717, 1.165) is 11.1 Å². The van der Waals surface area contributed by atoms with Crippen LogP contribution in [0.1, 0.15) is 12.5 Å². The van der Waals surface area contributed by atoms with Crippen LogP contribution < -0.4 is 0 Å². The number of hydrogen-bond acceptors (Lipinski definition) is 2. The summed E-state index contributed by atoms with van der Waals surface area (Å²) in [5, 5.41) is 0.